The maximum atomic E-state index is 13.1. The molecule has 1 aromatic heterocycles. The number of likely N-dealkylation sites (tertiary alicyclic amines) is 1. The van der Waals surface area contributed by atoms with Crippen LogP contribution in [0.2, 0.25) is 10.0 Å². The van der Waals surface area contributed by atoms with Crippen molar-refractivity contribution < 1.29 is 14.1 Å². The molecule has 1 atom stereocenters. The van der Waals surface area contributed by atoms with Crippen molar-refractivity contribution in [3.05, 3.63) is 63.5 Å². The number of methoxy groups -OCH3 is 1. The molecule has 1 amide bonds. The Balaban J connectivity index is 1.14. The maximum absolute atomic E-state index is 13.1. The molecular formula is C26H28Cl2N4O3. The number of aromatic nitrogens is 2. The number of benzene rings is 2. The number of fused-ring (bicyclic) bond motifs is 1. The van der Waals surface area contributed by atoms with Gasteiger partial charge in [0.1, 0.15) is 5.75 Å². The standard InChI is InChI=1S/C26H28Cl2N4O3/c1-34-19-6-8-20-17(13-19)3-2-4-23(20)29-26(33)16-9-11-32(12-10-16)15-24-30-25(31-35-24)21-7-5-18(27)14-22(21)28/h5-8,13-14,16,23H,2-4,9-12,15H2,1H3,(H,29,33). The van der Waals surface area contributed by atoms with Gasteiger partial charge in [-0.3, -0.25) is 9.69 Å². The van der Waals surface area contributed by atoms with Gasteiger partial charge in [0.05, 0.1) is 24.7 Å². The van der Waals surface area contributed by atoms with Crippen LogP contribution in [0.3, 0.4) is 0 Å². The van der Waals surface area contributed by atoms with Crippen molar-refractivity contribution in [3.8, 4) is 17.1 Å². The van der Waals surface area contributed by atoms with E-state index in [0.717, 1.165) is 50.9 Å². The van der Waals surface area contributed by atoms with E-state index in [0.29, 0.717) is 33.9 Å². The quantitative estimate of drug-likeness (QED) is 0.470. The molecule has 0 saturated carbocycles. The predicted molar refractivity (Wildman–Crippen MR) is 135 cm³/mol. The highest BCUT2D eigenvalue weighted by molar-refractivity contribution is 6.36. The SMILES string of the molecule is COc1ccc2c(c1)CCCC2NC(=O)C1CCN(Cc2nc(-c3ccc(Cl)cc3Cl)no2)CC1. The molecule has 2 aromatic carbocycles. The van der Waals surface area contributed by atoms with Crippen molar-refractivity contribution in [1.82, 2.24) is 20.4 Å². The fourth-order valence-corrected chi connectivity index (χ4v) is 5.49. The first-order valence-corrected chi connectivity index (χ1v) is 12.7. The first-order valence-electron chi connectivity index (χ1n) is 12.0. The van der Waals surface area contributed by atoms with E-state index in [1.54, 1.807) is 25.3 Å². The number of carbonyl (C=O) groups is 1. The van der Waals surface area contributed by atoms with Gasteiger partial charge in [0, 0.05) is 16.5 Å². The summed E-state index contributed by atoms with van der Waals surface area (Å²) >= 11 is 12.2. The molecule has 0 spiro atoms. The van der Waals surface area contributed by atoms with Crippen molar-refractivity contribution in [2.45, 2.75) is 44.7 Å². The van der Waals surface area contributed by atoms with E-state index in [-0.39, 0.29) is 17.9 Å². The number of hydrogen-bond donors (Lipinski definition) is 1. The minimum atomic E-state index is 0.0148. The van der Waals surface area contributed by atoms with Crippen LogP contribution in [-0.2, 0) is 17.8 Å². The van der Waals surface area contributed by atoms with E-state index in [1.807, 2.05) is 6.07 Å². The molecule has 1 aliphatic heterocycles. The number of amides is 1. The number of rotatable bonds is 6. The molecule has 2 aliphatic rings. The molecule has 1 aliphatic carbocycles. The number of aryl methyl sites for hydroxylation is 1. The van der Waals surface area contributed by atoms with Crippen molar-refractivity contribution >= 4 is 29.1 Å². The summed E-state index contributed by atoms with van der Waals surface area (Å²) in [5, 5.41) is 8.42. The summed E-state index contributed by atoms with van der Waals surface area (Å²) in [7, 11) is 1.68. The monoisotopic (exact) mass is 514 g/mol. The van der Waals surface area contributed by atoms with Crippen LogP contribution < -0.4 is 10.1 Å². The Morgan fingerprint density at radius 1 is 1.17 bits per heavy atom. The third-order valence-corrected chi connectivity index (χ3v) is 7.49. The number of nitrogens with zero attached hydrogens (tertiary/aromatic N) is 3. The highest BCUT2D eigenvalue weighted by Crippen LogP contribution is 2.33. The average Bonchev–Trinajstić information content (AvgIpc) is 3.32. The largest absolute Gasteiger partial charge is 0.497 e. The van der Waals surface area contributed by atoms with Gasteiger partial charge in [-0.15, -0.1) is 0 Å². The molecule has 2 heterocycles. The predicted octanol–water partition coefficient (Wildman–Crippen LogP) is 5.46. The summed E-state index contributed by atoms with van der Waals surface area (Å²) in [5.41, 5.74) is 3.18. The second-order valence-corrected chi connectivity index (χ2v) is 10.0. The van der Waals surface area contributed by atoms with E-state index in [9.17, 15) is 4.79 Å². The lowest BCUT2D eigenvalue weighted by molar-refractivity contribution is -0.127. The molecule has 35 heavy (non-hydrogen) atoms. The molecule has 0 radical (unpaired) electrons. The normalized spacial score (nSPS) is 18.8. The van der Waals surface area contributed by atoms with E-state index in [2.05, 4.69) is 32.5 Å². The highest BCUT2D eigenvalue weighted by Gasteiger charge is 2.29. The van der Waals surface area contributed by atoms with Gasteiger partial charge in [0.25, 0.3) is 0 Å². The minimum absolute atomic E-state index is 0.0148. The average molecular weight is 515 g/mol. The molecule has 184 valence electrons. The van der Waals surface area contributed by atoms with Gasteiger partial charge in [-0.05, 0) is 86.7 Å². The van der Waals surface area contributed by atoms with Gasteiger partial charge < -0.3 is 14.6 Å². The number of nitrogens with one attached hydrogen (secondary N) is 1. The van der Waals surface area contributed by atoms with E-state index in [1.165, 1.54) is 11.1 Å². The summed E-state index contributed by atoms with van der Waals surface area (Å²) in [5.74, 6) is 2.01. The van der Waals surface area contributed by atoms with E-state index < -0.39 is 0 Å². The smallest absolute Gasteiger partial charge is 0.241 e. The van der Waals surface area contributed by atoms with Crippen LogP contribution in [0, 0.1) is 5.92 Å². The first kappa shape index (κ1) is 24.1. The maximum Gasteiger partial charge on any atom is 0.241 e. The molecule has 3 aromatic rings. The lowest BCUT2D eigenvalue weighted by atomic mass is 9.86. The van der Waals surface area contributed by atoms with Crippen LogP contribution in [0.5, 0.6) is 5.75 Å². The molecule has 5 rings (SSSR count). The van der Waals surface area contributed by atoms with Crippen molar-refractivity contribution in [2.24, 2.45) is 5.92 Å². The van der Waals surface area contributed by atoms with Crippen molar-refractivity contribution in [1.29, 1.82) is 0 Å². The molecule has 1 saturated heterocycles. The second-order valence-electron chi connectivity index (χ2n) is 9.20. The Morgan fingerprint density at radius 3 is 2.77 bits per heavy atom. The van der Waals surface area contributed by atoms with Gasteiger partial charge in [-0.25, -0.2) is 0 Å². The van der Waals surface area contributed by atoms with Gasteiger partial charge in [-0.1, -0.05) is 34.4 Å². The fourth-order valence-electron chi connectivity index (χ4n) is 5.00. The highest BCUT2D eigenvalue weighted by atomic mass is 35.5. The summed E-state index contributed by atoms with van der Waals surface area (Å²) in [4.78, 5) is 19.8. The van der Waals surface area contributed by atoms with Gasteiger partial charge in [-0.2, -0.15) is 4.98 Å². The zero-order valence-electron chi connectivity index (χ0n) is 19.6. The van der Waals surface area contributed by atoms with Gasteiger partial charge >= 0.3 is 0 Å². The minimum Gasteiger partial charge on any atom is -0.497 e. The van der Waals surface area contributed by atoms with Crippen LogP contribution in [0.25, 0.3) is 11.4 Å². The van der Waals surface area contributed by atoms with Crippen LogP contribution >= 0.6 is 23.2 Å². The van der Waals surface area contributed by atoms with Crippen molar-refractivity contribution in [2.75, 3.05) is 20.2 Å². The molecule has 1 N–H and O–H groups in total. The second kappa shape index (κ2) is 10.6. The van der Waals surface area contributed by atoms with Crippen LogP contribution in [0.4, 0.5) is 0 Å². The first-order chi connectivity index (χ1) is 17.0. The number of halogens is 2. The molecule has 0 bridgehead atoms. The summed E-state index contributed by atoms with van der Waals surface area (Å²) < 4.78 is 10.8. The fraction of sp³-hybridized carbons (Fsp3) is 0.423. The Hall–Kier alpha value is -2.61. The molecule has 1 fully saturated rings. The Labute approximate surface area is 214 Å². The lowest BCUT2D eigenvalue weighted by Gasteiger charge is -2.32. The van der Waals surface area contributed by atoms with E-state index >= 15 is 0 Å². The Kier molecular flexibility index (Phi) is 7.27. The Morgan fingerprint density at radius 2 is 2.00 bits per heavy atom. The Bertz CT molecular complexity index is 1210. The number of carbonyl (C=O) groups excluding carboxylic acids is 1. The summed E-state index contributed by atoms with van der Waals surface area (Å²) in [6, 6.07) is 11.4. The third kappa shape index (κ3) is 5.47. The zero-order chi connectivity index (χ0) is 24.4. The van der Waals surface area contributed by atoms with Gasteiger partial charge in [0.2, 0.25) is 17.6 Å². The van der Waals surface area contributed by atoms with Crippen LogP contribution in [-0.4, -0.2) is 41.1 Å². The topological polar surface area (TPSA) is 80.5 Å². The number of ether oxygens (including phenoxy) is 1. The molecule has 7 nitrogen and oxygen atoms in total. The summed E-state index contributed by atoms with van der Waals surface area (Å²) in [6.45, 7) is 2.15. The zero-order valence-corrected chi connectivity index (χ0v) is 21.1. The number of hydrogen-bond acceptors (Lipinski definition) is 6. The van der Waals surface area contributed by atoms with Crippen molar-refractivity contribution in [3.63, 3.8) is 0 Å². The third-order valence-electron chi connectivity index (χ3n) is 6.94. The lowest BCUT2D eigenvalue weighted by Crippen LogP contribution is -2.41. The molecular weight excluding hydrogens is 487 g/mol. The van der Waals surface area contributed by atoms with Crippen LogP contribution in [0.15, 0.2) is 40.9 Å². The molecule has 9 heteroatoms. The van der Waals surface area contributed by atoms with Crippen LogP contribution in [0.1, 0.15) is 48.7 Å². The van der Waals surface area contributed by atoms with E-state index in [4.69, 9.17) is 32.5 Å². The van der Waals surface area contributed by atoms with Gasteiger partial charge in [0.15, 0.2) is 0 Å². The molecule has 1 unspecified atom stereocenters. The number of piperidine rings is 1. The summed E-state index contributed by atoms with van der Waals surface area (Å²) in [6.07, 6.45) is 4.67.